The largest absolute Gasteiger partial charge is 0.309 e. The number of aromatic nitrogens is 1. The summed E-state index contributed by atoms with van der Waals surface area (Å²) in [6.07, 6.45) is 0.626. The van der Waals surface area contributed by atoms with Crippen LogP contribution in [0.5, 0.6) is 0 Å². The van der Waals surface area contributed by atoms with Crippen LogP contribution in [0.25, 0.3) is 38.6 Å². The van der Waals surface area contributed by atoms with Crippen molar-refractivity contribution in [1.82, 2.24) is 4.57 Å². The van der Waals surface area contributed by atoms with Crippen molar-refractivity contribution in [2.24, 2.45) is 0 Å². The first-order valence-corrected chi connectivity index (χ1v) is 12.3. The summed E-state index contributed by atoms with van der Waals surface area (Å²) in [7, 11) is 0. The molecule has 0 aliphatic rings. The monoisotopic (exact) mass is 473 g/mol. The average molecular weight is 474 g/mol. The van der Waals surface area contributed by atoms with Gasteiger partial charge in [-0.15, -0.1) is 0 Å². The van der Waals surface area contributed by atoms with E-state index in [1.165, 1.54) is 22.3 Å². The molecule has 0 saturated carbocycles. The number of fused-ring (bicyclic) bond motifs is 3. The van der Waals surface area contributed by atoms with Gasteiger partial charge in [0, 0.05) is 17.2 Å². The highest BCUT2D eigenvalue weighted by Gasteiger charge is 2.18. The zero-order valence-corrected chi connectivity index (χ0v) is 20.4. The van der Waals surface area contributed by atoms with Crippen LogP contribution >= 0.6 is 0 Å². The van der Waals surface area contributed by atoms with Crippen LogP contribution in [-0.4, -0.2) is 4.57 Å². The first-order chi connectivity index (χ1) is 18.2. The Kier molecular flexibility index (Phi) is 5.53. The van der Waals surface area contributed by atoms with Crippen LogP contribution in [-0.2, 0) is 6.42 Å². The van der Waals surface area contributed by atoms with Crippen LogP contribution in [0.4, 0.5) is 0 Å². The van der Waals surface area contributed by atoms with Gasteiger partial charge >= 0.3 is 0 Å². The van der Waals surface area contributed by atoms with Gasteiger partial charge in [0.05, 0.1) is 27.8 Å². The molecule has 0 aliphatic carbocycles. The summed E-state index contributed by atoms with van der Waals surface area (Å²) in [6.45, 7) is 2.13. The fourth-order valence-corrected chi connectivity index (χ4v) is 5.37. The van der Waals surface area contributed by atoms with Crippen molar-refractivity contribution in [3.63, 3.8) is 0 Å². The molecule has 0 N–H and O–H groups in total. The van der Waals surface area contributed by atoms with Gasteiger partial charge in [0.15, 0.2) is 0 Å². The Hall–Kier alpha value is -5.12. The number of benzene rings is 5. The second kappa shape index (κ2) is 9.15. The lowest BCUT2D eigenvalue weighted by Gasteiger charge is -2.17. The normalized spacial score (nSPS) is 10.9. The molecule has 0 amide bonds. The minimum Gasteiger partial charge on any atom is -0.309 e. The van der Waals surface area contributed by atoms with Crippen molar-refractivity contribution in [3.05, 3.63) is 137 Å². The summed E-state index contributed by atoms with van der Waals surface area (Å²) in [5.41, 5.74) is 9.63. The van der Waals surface area contributed by atoms with Crippen molar-refractivity contribution in [3.8, 4) is 29.0 Å². The molecule has 1 aromatic heterocycles. The summed E-state index contributed by atoms with van der Waals surface area (Å²) in [5.74, 6) is 0. The van der Waals surface area contributed by atoms with Gasteiger partial charge in [-0.25, -0.2) is 0 Å². The lowest BCUT2D eigenvalue weighted by atomic mass is 9.91. The third-order valence-electron chi connectivity index (χ3n) is 7.11. The van der Waals surface area contributed by atoms with Gasteiger partial charge in [0.25, 0.3) is 0 Å². The molecular weight excluding hydrogens is 450 g/mol. The lowest BCUT2D eigenvalue weighted by Crippen LogP contribution is -2.04. The number of hydrogen-bond acceptors (Lipinski definition) is 2. The summed E-state index contributed by atoms with van der Waals surface area (Å²) in [4.78, 5) is 0. The Bertz CT molecular complexity index is 1840. The molecule has 0 saturated heterocycles. The highest BCUT2D eigenvalue weighted by molar-refractivity contribution is 6.09. The standard InChI is InChI=1S/C34H23N3/c1-23-10-2-4-12-28(23)29-13-5-3-11-24(29)18-25-19-26(21-35)27(22-36)20-34(25)37-32-16-8-6-14-30(32)31-15-7-9-17-33(31)37/h2-17,19-20H,18H2,1H3. The van der Waals surface area contributed by atoms with E-state index in [1.54, 1.807) is 0 Å². The molecule has 0 atom stereocenters. The topological polar surface area (TPSA) is 52.5 Å². The van der Waals surface area contributed by atoms with Crippen molar-refractivity contribution < 1.29 is 0 Å². The van der Waals surface area contributed by atoms with Crippen molar-refractivity contribution in [2.45, 2.75) is 13.3 Å². The average Bonchev–Trinajstić information content (AvgIpc) is 3.28. The molecular formula is C34H23N3. The van der Waals surface area contributed by atoms with E-state index in [4.69, 9.17) is 0 Å². The minimum atomic E-state index is 0.385. The zero-order valence-electron chi connectivity index (χ0n) is 20.4. The Labute approximate surface area is 216 Å². The number of rotatable bonds is 4. The fraction of sp³-hybridized carbons (Fsp3) is 0.0588. The van der Waals surface area contributed by atoms with Gasteiger partial charge in [0.2, 0.25) is 0 Å². The molecule has 3 nitrogen and oxygen atoms in total. The van der Waals surface area contributed by atoms with Gasteiger partial charge in [-0.05, 0) is 59.0 Å². The van der Waals surface area contributed by atoms with Crippen molar-refractivity contribution in [1.29, 1.82) is 10.5 Å². The summed E-state index contributed by atoms with van der Waals surface area (Å²) in [6, 6.07) is 41.8. The predicted molar refractivity (Wildman–Crippen MR) is 150 cm³/mol. The number of para-hydroxylation sites is 2. The van der Waals surface area contributed by atoms with E-state index < -0.39 is 0 Å². The van der Waals surface area contributed by atoms with E-state index in [0.29, 0.717) is 17.5 Å². The molecule has 174 valence electrons. The second-order valence-electron chi connectivity index (χ2n) is 9.27. The Morgan fingerprint density at radius 3 is 1.78 bits per heavy atom. The van der Waals surface area contributed by atoms with Gasteiger partial charge < -0.3 is 4.57 Å². The second-order valence-corrected chi connectivity index (χ2v) is 9.27. The van der Waals surface area contributed by atoms with Crippen LogP contribution < -0.4 is 0 Å². The van der Waals surface area contributed by atoms with Crippen molar-refractivity contribution in [2.75, 3.05) is 0 Å². The molecule has 0 aliphatic heterocycles. The molecule has 1 heterocycles. The SMILES string of the molecule is Cc1ccccc1-c1ccccc1Cc1cc(C#N)c(C#N)cc1-n1c2ccccc2c2ccccc21. The van der Waals surface area contributed by atoms with Crippen LogP contribution in [0.15, 0.2) is 109 Å². The lowest BCUT2D eigenvalue weighted by molar-refractivity contribution is 1.09. The van der Waals surface area contributed by atoms with E-state index in [9.17, 15) is 10.5 Å². The molecule has 0 bridgehead atoms. The Morgan fingerprint density at radius 1 is 0.595 bits per heavy atom. The molecule has 0 spiro atoms. The molecule has 0 radical (unpaired) electrons. The maximum Gasteiger partial charge on any atom is 0.101 e. The third kappa shape index (κ3) is 3.75. The minimum absolute atomic E-state index is 0.385. The van der Waals surface area contributed by atoms with E-state index >= 15 is 0 Å². The molecule has 5 aromatic carbocycles. The summed E-state index contributed by atoms with van der Waals surface area (Å²) < 4.78 is 2.23. The van der Waals surface area contributed by atoms with Crippen LogP contribution in [0.3, 0.4) is 0 Å². The van der Waals surface area contributed by atoms with Crippen LogP contribution in [0, 0.1) is 29.6 Å². The van der Waals surface area contributed by atoms with Gasteiger partial charge in [-0.2, -0.15) is 10.5 Å². The molecule has 3 heteroatoms. The highest BCUT2D eigenvalue weighted by Crippen LogP contribution is 2.36. The zero-order chi connectivity index (χ0) is 25.4. The van der Waals surface area contributed by atoms with Crippen molar-refractivity contribution >= 4 is 21.8 Å². The van der Waals surface area contributed by atoms with Gasteiger partial charge in [-0.1, -0.05) is 84.9 Å². The first kappa shape index (κ1) is 22.4. The number of hydrogen-bond donors (Lipinski definition) is 0. The Morgan fingerprint density at radius 2 is 1.14 bits per heavy atom. The number of aryl methyl sites for hydroxylation is 1. The van der Waals surface area contributed by atoms with E-state index in [0.717, 1.165) is 33.1 Å². The molecule has 0 fully saturated rings. The van der Waals surface area contributed by atoms with E-state index in [-0.39, 0.29) is 0 Å². The van der Waals surface area contributed by atoms with Gasteiger partial charge in [0.1, 0.15) is 12.1 Å². The maximum absolute atomic E-state index is 9.89. The van der Waals surface area contributed by atoms with Crippen LogP contribution in [0.2, 0.25) is 0 Å². The molecule has 37 heavy (non-hydrogen) atoms. The molecule has 6 aromatic rings. The first-order valence-electron chi connectivity index (χ1n) is 12.3. The van der Waals surface area contributed by atoms with Crippen LogP contribution in [0.1, 0.15) is 27.8 Å². The molecule has 0 unspecified atom stereocenters. The maximum atomic E-state index is 9.89. The fourth-order valence-electron chi connectivity index (χ4n) is 5.37. The predicted octanol–water partition coefficient (Wildman–Crippen LogP) is 8.09. The van der Waals surface area contributed by atoms with E-state index in [2.05, 4.69) is 109 Å². The number of nitrogens with zero attached hydrogens (tertiary/aromatic N) is 3. The van der Waals surface area contributed by atoms with E-state index in [1.807, 2.05) is 24.3 Å². The smallest absolute Gasteiger partial charge is 0.101 e. The summed E-state index contributed by atoms with van der Waals surface area (Å²) in [5, 5.41) is 22.1. The summed E-state index contributed by atoms with van der Waals surface area (Å²) >= 11 is 0. The third-order valence-corrected chi connectivity index (χ3v) is 7.11. The number of nitriles is 2. The Balaban J connectivity index is 1.63. The quantitative estimate of drug-likeness (QED) is 0.260. The van der Waals surface area contributed by atoms with Gasteiger partial charge in [-0.3, -0.25) is 0 Å². The molecule has 6 rings (SSSR count). The highest BCUT2D eigenvalue weighted by atomic mass is 15.0.